The van der Waals surface area contributed by atoms with Crippen LogP contribution in [0.5, 0.6) is 0 Å². The Balaban J connectivity index is 1.45. The molecule has 0 atom stereocenters. The van der Waals surface area contributed by atoms with Gasteiger partial charge in [0, 0.05) is 38.2 Å². The Labute approximate surface area is 355 Å². The van der Waals surface area contributed by atoms with Crippen LogP contribution in [0.15, 0.2) is 78.9 Å². The summed E-state index contributed by atoms with van der Waals surface area (Å²) < 4.78 is 27.1. The maximum Gasteiger partial charge on any atom is 0.252 e. The quantitative estimate of drug-likeness (QED) is 0.162. The highest BCUT2D eigenvalue weighted by Crippen LogP contribution is 2.54. The maximum absolute atomic E-state index is 9.05. The molecule has 2 aliphatic carbocycles. The average molecular weight is 770 g/mol. The van der Waals surface area contributed by atoms with Crippen molar-refractivity contribution >= 4 is 57.2 Å². The molecule has 300 valence electrons. The van der Waals surface area contributed by atoms with Crippen LogP contribution in [0, 0.1) is 13.8 Å². The molecule has 0 saturated carbocycles. The fourth-order valence-electron chi connectivity index (χ4n) is 11.5. The van der Waals surface area contributed by atoms with Crippen LogP contribution >= 0.6 is 0 Å². The van der Waals surface area contributed by atoms with Crippen molar-refractivity contribution in [2.24, 2.45) is 0 Å². The maximum atomic E-state index is 9.05. The Morgan fingerprint density at radius 3 is 1.69 bits per heavy atom. The van der Waals surface area contributed by atoms with E-state index in [2.05, 4.69) is 180 Å². The van der Waals surface area contributed by atoms with Crippen LogP contribution in [-0.2, 0) is 32.5 Å². The smallest absolute Gasteiger partial charge is 0.252 e. The predicted molar refractivity (Wildman–Crippen MR) is 253 cm³/mol. The first-order valence-electron chi connectivity index (χ1n) is 23.4. The lowest BCUT2D eigenvalue weighted by atomic mass is 9.33. The van der Waals surface area contributed by atoms with E-state index in [0.717, 1.165) is 47.7 Å². The summed E-state index contributed by atoms with van der Waals surface area (Å²) in [4.78, 5) is 4.90. The van der Waals surface area contributed by atoms with Crippen LogP contribution in [0.2, 0.25) is 0 Å². The topological polar surface area (TPSA) is 6.48 Å². The van der Waals surface area contributed by atoms with E-state index >= 15 is 0 Å². The minimum Gasteiger partial charge on any atom is -0.311 e. The summed E-state index contributed by atoms with van der Waals surface area (Å²) in [6, 6.07) is 30.1. The Morgan fingerprint density at radius 2 is 1.07 bits per heavy atom. The largest absolute Gasteiger partial charge is 0.311 e. The Hall–Kier alpha value is -4.24. The van der Waals surface area contributed by atoms with E-state index in [9.17, 15) is 0 Å². The molecule has 0 amide bonds. The lowest BCUT2D eigenvalue weighted by Gasteiger charge is -2.47. The third-order valence-electron chi connectivity index (χ3n) is 14.8. The van der Waals surface area contributed by atoms with Crippen LogP contribution in [0.1, 0.15) is 165 Å². The highest BCUT2D eigenvalue weighted by atomic mass is 15.2. The number of hydrogen-bond acceptors (Lipinski definition) is 2. The van der Waals surface area contributed by atoms with Crippen LogP contribution in [0.4, 0.5) is 34.1 Å². The molecule has 0 spiro atoms. The van der Waals surface area contributed by atoms with Gasteiger partial charge in [-0.2, -0.15) is 0 Å². The van der Waals surface area contributed by atoms with E-state index in [0.29, 0.717) is 5.56 Å². The van der Waals surface area contributed by atoms with E-state index in [4.69, 9.17) is 4.11 Å². The summed E-state index contributed by atoms with van der Waals surface area (Å²) in [5, 5.41) is 0. The van der Waals surface area contributed by atoms with Gasteiger partial charge in [-0.05, 0) is 169 Å². The zero-order valence-corrected chi connectivity index (χ0v) is 38.1. The number of hydrogen-bond donors (Lipinski definition) is 0. The third-order valence-corrected chi connectivity index (χ3v) is 14.8. The molecule has 0 bridgehead atoms. The molecule has 9 rings (SSSR count). The number of aryl methyl sites for hydroxylation is 2. The highest BCUT2D eigenvalue weighted by Gasteiger charge is 2.49. The van der Waals surface area contributed by atoms with Gasteiger partial charge in [-0.25, -0.2) is 0 Å². The summed E-state index contributed by atoms with van der Waals surface area (Å²) in [7, 11) is 0. The van der Waals surface area contributed by atoms with Crippen LogP contribution in [0.3, 0.4) is 0 Å². The van der Waals surface area contributed by atoms with Crippen molar-refractivity contribution in [1.82, 2.24) is 0 Å². The second-order valence-corrected chi connectivity index (χ2v) is 23.2. The lowest BCUT2D eigenvalue weighted by molar-refractivity contribution is 0.332. The molecule has 0 aromatic heterocycles. The van der Waals surface area contributed by atoms with Gasteiger partial charge in [-0.1, -0.05) is 133 Å². The van der Waals surface area contributed by atoms with Crippen molar-refractivity contribution in [2.75, 3.05) is 9.80 Å². The van der Waals surface area contributed by atoms with Gasteiger partial charge < -0.3 is 9.80 Å². The number of rotatable bonds is 2. The monoisotopic (exact) mass is 770 g/mol. The van der Waals surface area contributed by atoms with Gasteiger partial charge in [0.15, 0.2) is 0 Å². The molecule has 2 nitrogen and oxygen atoms in total. The molecule has 0 fully saturated rings. The molecule has 0 unspecified atom stereocenters. The minimum absolute atomic E-state index is 0.00270. The third kappa shape index (κ3) is 5.79. The number of anilines is 6. The fourth-order valence-corrected chi connectivity index (χ4v) is 11.5. The first-order valence-corrected chi connectivity index (χ1v) is 21.9. The molecule has 0 saturated heterocycles. The average Bonchev–Trinajstić information content (AvgIpc) is 3.33. The van der Waals surface area contributed by atoms with Gasteiger partial charge in [0.05, 0.1) is 0 Å². The van der Waals surface area contributed by atoms with Crippen molar-refractivity contribution in [2.45, 2.75) is 162 Å². The summed E-state index contributed by atoms with van der Waals surface area (Å²) >= 11 is 0. The number of nitrogens with zero attached hydrogens (tertiary/aromatic N) is 2. The van der Waals surface area contributed by atoms with Crippen molar-refractivity contribution in [1.29, 1.82) is 0 Å². The molecule has 2 heterocycles. The van der Waals surface area contributed by atoms with Crippen LogP contribution in [0.25, 0.3) is 0 Å². The predicted octanol–water partition coefficient (Wildman–Crippen LogP) is 13.3. The molecule has 2 aliphatic heterocycles. The fraction of sp³-hybridized carbons (Fsp3) is 0.455. The zero-order chi connectivity index (χ0) is 44.4. The molecular formula is C55H67BN2. The molecule has 3 heteroatoms. The van der Waals surface area contributed by atoms with Crippen LogP contribution in [-0.4, -0.2) is 6.71 Å². The lowest BCUT2D eigenvalue weighted by Crippen LogP contribution is -2.61. The molecule has 5 aromatic carbocycles. The van der Waals surface area contributed by atoms with Gasteiger partial charge in [0.25, 0.3) is 6.71 Å². The molecule has 0 N–H and O–H groups in total. The summed E-state index contributed by atoms with van der Waals surface area (Å²) in [5.41, 5.74) is 19.7. The minimum atomic E-state index is -2.33. The van der Waals surface area contributed by atoms with Gasteiger partial charge in [0.1, 0.15) is 0 Å². The van der Waals surface area contributed by atoms with Gasteiger partial charge >= 0.3 is 0 Å². The second kappa shape index (κ2) is 12.2. The van der Waals surface area contributed by atoms with Crippen LogP contribution < -0.4 is 26.2 Å². The number of fused-ring (bicyclic) bond motifs is 6. The number of benzene rings is 5. The Kier molecular flexibility index (Phi) is 7.49. The summed E-state index contributed by atoms with van der Waals surface area (Å²) in [5.74, 6) is 0. The van der Waals surface area contributed by atoms with Crippen molar-refractivity contribution < 1.29 is 4.11 Å². The first-order chi connectivity index (χ1) is 28.0. The van der Waals surface area contributed by atoms with Gasteiger partial charge in [-0.3, -0.25) is 0 Å². The van der Waals surface area contributed by atoms with Crippen molar-refractivity contribution in [3.63, 3.8) is 0 Å². The van der Waals surface area contributed by atoms with Crippen molar-refractivity contribution in [3.8, 4) is 0 Å². The molecular weight excluding hydrogens is 699 g/mol. The summed E-state index contributed by atoms with van der Waals surface area (Å²) in [6.07, 6.45) is 3.33. The molecule has 4 aliphatic rings. The van der Waals surface area contributed by atoms with E-state index in [1.165, 1.54) is 61.0 Å². The summed E-state index contributed by atoms with van der Waals surface area (Å²) in [6.45, 7) is 32.7. The Morgan fingerprint density at radius 1 is 0.534 bits per heavy atom. The molecule has 5 aromatic rings. The van der Waals surface area contributed by atoms with Gasteiger partial charge in [0.2, 0.25) is 0 Å². The highest BCUT2D eigenvalue weighted by molar-refractivity contribution is 7.00. The molecule has 0 radical (unpaired) electrons. The standard InChI is InChI=1S/C55H67BN2/c1-33-24-47-49-48(25-33)58(44-30-40-38(26-34(44)2)52(9,10)22-23-53(40,11)12)46-31-41-39(54(13,14)32-55(41,15)16)29-43(46)56(49)42-21-20-36(51(6,7)8)28-45(42)57(47)37-19-17-18-35(27-37)50(3,4)5/h17-21,24-31H,22-23,32H2,1-16H3/i1D3. The van der Waals surface area contributed by atoms with E-state index in [1.54, 1.807) is 0 Å². The molecule has 58 heavy (non-hydrogen) atoms. The van der Waals surface area contributed by atoms with E-state index in [1.807, 2.05) is 12.1 Å². The zero-order valence-electron chi connectivity index (χ0n) is 41.1. The second-order valence-electron chi connectivity index (χ2n) is 23.2. The normalized spacial score (nSPS) is 20.3. The Bertz CT molecular complexity index is 2660. The van der Waals surface area contributed by atoms with Crippen molar-refractivity contribution in [3.05, 3.63) is 123 Å². The van der Waals surface area contributed by atoms with Gasteiger partial charge in [-0.15, -0.1) is 0 Å². The first kappa shape index (κ1) is 35.7. The van der Waals surface area contributed by atoms with E-state index in [-0.39, 0.29) is 39.2 Å². The SMILES string of the molecule is [2H]C([2H])([2H])c1cc2c3c(c1)N(c1cc4c(cc1C)C(C)(C)CCC4(C)C)c1cc4c(cc1B3c1ccc(C(C)(C)C)cc1N2c1cccc(C(C)(C)C)c1)C(C)(C)CC4(C)C. The van der Waals surface area contributed by atoms with E-state index < -0.39 is 6.85 Å².